The third-order valence-electron chi connectivity index (χ3n) is 4.70. The number of aromatic hydroxyl groups is 2. The van der Waals surface area contributed by atoms with Crippen molar-refractivity contribution in [2.24, 2.45) is 5.92 Å². The van der Waals surface area contributed by atoms with Crippen LogP contribution >= 0.6 is 0 Å². The smallest absolute Gasteiger partial charge is 0.315 e. The summed E-state index contributed by atoms with van der Waals surface area (Å²) in [5, 5.41) is 49.8. The minimum absolute atomic E-state index is 0.100. The van der Waals surface area contributed by atoms with Gasteiger partial charge >= 0.3 is 5.69 Å². The zero-order valence-electron chi connectivity index (χ0n) is 16.8. The number of nitro groups is 1. The van der Waals surface area contributed by atoms with E-state index in [0.717, 1.165) is 23.5 Å². The third-order valence-corrected chi connectivity index (χ3v) is 4.70. The van der Waals surface area contributed by atoms with Crippen LogP contribution in [0.15, 0.2) is 17.7 Å². The number of likely N-dealkylation sites (N-methyl/N-ethyl adjacent to an activating group) is 1. The Morgan fingerprint density at radius 2 is 2.10 bits per heavy atom. The van der Waals surface area contributed by atoms with Crippen molar-refractivity contribution in [1.29, 1.82) is 5.26 Å². The van der Waals surface area contributed by atoms with Crippen molar-refractivity contribution in [2.75, 3.05) is 27.2 Å². The molecular weight excluding hydrogens is 408 g/mol. The van der Waals surface area contributed by atoms with Gasteiger partial charge < -0.3 is 25.1 Å². The van der Waals surface area contributed by atoms with Crippen LogP contribution in [0.5, 0.6) is 11.5 Å². The summed E-state index contributed by atoms with van der Waals surface area (Å²) in [6.45, 7) is 0.530. The molecule has 0 bridgehead atoms. The molecule has 0 aliphatic carbocycles. The Kier molecular flexibility index (Phi) is 7.06. The number of phenols is 2. The third kappa shape index (κ3) is 5.03. The van der Waals surface area contributed by atoms with Crippen LogP contribution in [0.4, 0.5) is 5.69 Å². The van der Waals surface area contributed by atoms with Gasteiger partial charge in [-0.1, -0.05) is 11.8 Å². The number of carbonyl (C=O) groups is 2. The summed E-state index contributed by atoms with van der Waals surface area (Å²) in [5.74, 6) is 1.21. The fraction of sp³-hybridized carbons (Fsp3) is 0.350. The van der Waals surface area contributed by atoms with E-state index < -0.39 is 50.8 Å². The summed E-state index contributed by atoms with van der Waals surface area (Å²) < 4.78 is 0. The van der Waals surface area contributed by atoms with Crippen molar-refractivity contribution in [3.05, 3.63) is 33.4 Å². The summed E-state index contributed by atoms with van der Waals surface area (Å²) in [4.78, 5) is 37.2. The zero-order chi connectivity index (χ0) is 23.3. The number of rotatable bonds is 4. The van der Waals surface area contributed by atoms with Gasteiger partial charge in [-0.3, -0.25) is 19.7 Å². The van der Waals surface area contributed by atoms with Crippen molar-refractivity contribution in [3.8, 4) is 29.4 Å². The molecule has 0 radical (unpaired) electrons. The summed E-state index contributed by atoms with van der Waals surface area (Å²) in [6.07, 6.45) is 1.43. The number of nitrogens with zero attached hydrogens (tertiary/aromatic N) is 4. The number of amides is 2. The lowest BCUT2D eigenvalue weighted by Crippen LogP contribution is -2.37. The molecule has 0 spiro atoms. The van der Waals surface area contributed by atoms with Crippen LogP contribution < -0.4 is 0 Å². The van der Waals surface area contributed by atoms with E-state index in [-0.39, 0.29) is 12.5 Å². The van der Waals surface area contributed by atoms with Gasteiger partial charge in [0.15, 0.2) is 11.3 Å². The molecule has 31 heavy (non-hydrogen) atoms. The molecule has 1 aliphatic rings. The van der Waals surface area contributed by atoms with E-state index in [9.17, 15) is 40.3 Å². The van der Waals surface area contributed by atoms with Crippen molar-refractivity contribution in [2.45, 2.75) is 12.8 Å². The molecule has 1 heterocycles. The molecule has 1 atom stereocenters. The number of likely N-dealkylation sites (tertiary alicyclic amines) is 1. The normalized spacial score (nSPS) is 16.5. The first kappa shape index (κ1) is 23.0. The maximum Gasteiger partial charge on any atom is 0.315 e. The van der Waals surface area contributed by atoms with Gasteiger partial charge in [-0.25, -0.2) is 0 Å². The standard InChI is InChI=1S/C20H20N4O7/c1-22-7-3-5-12(19(22)28)6-4-8-23(2)20(29)14(11-21)17(26)13-9-15(24(30)31)18(27)16(25)10-13/h9-10,12,25-27H,3,5,7-8H2,1-2H3/b17-14-. The number of aliphatic hydroxyl groups excluding tert-OH is 1. The molecule has 11 nitrogen and oxygen atoms in total. The number of piperidine rings is 1. The molecule has 0 saturated carbocycles. The van der Waals surface area contributed by atoms with Crippen LogP contribution in [-0.4, -0.2) is 69.0 Å². The predicted octanol–water partition coefficient (Wildman–Crippen LogP) is 1.13. The summed E-state index contributed by atoms with van der Waals surface area (Å²) in [5.41, 5.74) is -2.05. The van der Waals surface area contributed by atoms with Crippen LogP contribution in [0.1, 0.15) is 18.4 Å². The molecule has 2 amide bonds. The Morgan fingerprint density at radius 3 is 2.71 bits per heavy atom. The van der Waals surface area contributed by atoms with Gasteiger partial charge in [0, 0.05) is 32.3 Å². The Labute approximate surface area is 177 Å². The molecule has 1 aromatic rings. The molecule has 1 fully saturated rings. The van der Waals surface area contributed by atoms with Crippen LogP contribution in [0.2, 0.25) is 0 Å². The van der Waals surface area contributed by atoms with Crippen LogP contribution in [-0.2, 0) is 9.59 Å². The van der Waals surface area contributed by atoms with Crippen molar-refractivity contribution in [1.82, 2.24) is 9.80 Å². The van der Waals surface area contributed by atoms with Crippen LogP contribution in [0.25, 0.3) is 5.76 Å². The first-order chi connectivity index (χ1) is 14.6. The van der Waals surface area contributed by atoms with E-state index in [1.54, 1.807) is 11.9 Å². The van der Waals surface area contributed by atoms with Gasteiger partial charge in [0.25, 0.3) is 5.91 Å². The van der Waals surface area contributed by atoms with Gasteiger partial charge in [0.1, 0.15) is 11.8 Å². The summed E-state index contributed by atoms with van der Waals surface area (Å²) in [7, 11) is 3.01. The first-order valence-electron chi connectivity index (χ1n) is 9.11. The van der Waals surface area contributed by atoms with Gasteiger partial charge in [-0.15, -0.1) is 0 Å². The number of carbonyl (C=O) groups excluding carboxylic acids is 2. The molecule has 11 heteroatoms. The maximum atomic E-state index is 12.6. The fourth-order valence-corrected chi connectivity index (χ4v) is 2.94. The SMILES string of the molecule is CN(CC#CC1CCCN(C)C1=O)C(=O)/C(C#N)=C(\O)c1cc(O)c(O)c([N+](=O)[O-])c1. The monoisotopic (exact) mass is 428 g/mol. The molecular formula is C20H20N4O7. The largest absolute Gasteiger partial charge is 0.506 e. The number of nitro benzene ring substituents is 1. The van der Waals surface area contributed by atoms with E-state index in [4.69, 9.17) is 0 Å². The molecule has 1 aromatic carbocycles. The quantitative estimate of drug-likeness (QED) is 0.122. The second kappa shape index (κ2) is 9.50. The lowest BCUT2D eigenvalue weighted by atomic mass is 9.98. The Bertz CT molecular complexity index is 1060. The number of aliphatic hydroxyl groups is 1. The van der Waals surface area contributed by atoms with Crippen molar-refractivity contribution in [3.63, 3.8) is 0 Å². The predicted molar refractivity (Wildman–Crippen MR) is 107 cm³/mol. The second-order valence-electron chi connectivity index (χ2n) is 6.89. The highest BCUT2D eigenvalue weighted by molar-refractivity contribution is 6.03. The van der Waals surface area contributed by atoms with Gasteiger partial charge in [-0.2, -0.15) is 5.26 Å². The number of benzene rings is 1. The first-order valence-corrected chi connectivity index (χ1v) is 9.11. The number of phenolic OH excluding ortho intramolecular Hbond substituents is 2. The number of hydrogen-bond acceptors (Lipinski definition) is 8. The Balaban J connectivity index is 2.26. The van der Waals surface area contributed by atoms with E-state index >= 15 is 0 Å². The molecule has 2 rings (SSSR count). The Morgan fingerprint density at radius 1 is 1.42 bits per heavy atom. The highest BCUT2D eigenvalue weighted by atomic mass is 16.6. The Hall–Kier alpha value is -4.25. The van der Waals surface area contributed by atoms with Gasteiger partial charge in [0.05, 0.1) is 17.4 Å². The molecule has 3 N–H and O–H groups in total. The van der Waals surface area contributed by atoms with E-state index in [2.05, 4.69) is 11.8 Å². The molecule has 1 unspecified atom stereocenters. The van der Waals surface area contributed by atoms with Crippen molar-refractivity contribution < 1.29 is 29.8 Å². The fourth-order valence-electron chi connectivity index (χ4n) is 2.94. The summed E-state index contributed by atoms with van der Waals surface area (Å²) in [6, 6.07) is 3.04. The van der Waals surface area contributed by atoms with E-state index in [1.807, 2.05) is 0 Å². The van der Waals surface area contributed by atoms with E-state index in [1.165, 1.54) is 13.1 Å². The maximum absolute atomic E-state index is 12.6. The van der Waals surface area contributed by atoms with Gasteiger partial charge in [-0.05, 0) is 18.9 Å². The lowest BCUT2D eigenvalue weighted by Gasteiger charge is -2.26. The zero-order valence-corrected chi connectivity index (χ0v) is 16.8. The van der Waals surface area contributed by atoms with Crippen molar-refractivity contribution >= 4 is 23.3 Å². The average molecular weight is 428 g/mol. The molecule has 0 aromatic heterocycles. The minimum Gasteiger partial charge on any atom is -0.506 e. The molecule has 162 valence electrons. The lowest BCUT2D eigenvalue weighted by molar-refractivity contribution is -0.386. The molecule has 1 saturated heterocycles. The highest BCUT2D eigenvalue weighted by Gasteiger charge is 2.26. The number of nitriles is 1. The minimum atomic E-state index is -1.01. The number of hydrogen-bond donors (Lipinski definition) is 3. The van der Waals surface area contributed by atoms with Crippen LogP contribution in [0.3, 0.4) is 0 Å². The average Bonchev–Trinajstić information content (AvgIpc) is 2.72. The van der Waals surface area contributed by atoms with E-state index in [0.29, 0.717) is 13.0 Å². The summed E-state index contributed by atoms with van der Waals surface area (Å²) >= 11 is 0. The molecule has 1 aliphatic heterocycles. The van der Waals surface area contributed by atoms with Gasteiger partial charge in [0.2, 0.25) is 11.7 Å². The highest BCUT2D eigenvalue weighted by Crippen LogP contribution is 2.38. The topological polar surface area (TPSA) is 168 Å². The van der Waals surface area contributed by atoms with Crippen LogP contribution in [0, 0.1) is 39.2 Å². The second-order valence-corrected chi connectivity index (χ2v) is 6.89.